The summed E-state index contributed by atoms with van der Waals surface area (Å²) in [5.41, 5.74) is 0.771. The third kappa shape index (κ3) is 5.33. The molecule has 0 bridgehead atoms. The molecular weight excluding hydrogens is 335 g/mol. The molecule has 1 aromatic rings. The summed E-state index contributed by atoms with van der Waals surface area (Å²) in [7, 11) is 1.71. The Morgan fingerprint density at radius 2 is 2.29 bits per heavy atom. The highest BCUT2D eigenvalue weighted by molar-refractivity contribution is 9.10. The maximum absolute atomic E-state index is 13.9. The number of nitrogens with zero attached hydrogens (tertiary/aromatic N) is 1. The van der Waals surface area contributed by atoms with Crippen LogP contribution in [0.2, 0.25) is 0 Å². The van der Waals surface area contributed by atoms with E-state index < -0.39 is 0 Å². The highest BCUT2D eigenvalue weighted by Crippen LogP contribution is 2.22. The maximum atomic E-state index is 13.9. The van der Waals surface area contributed by atoms with Crippen molar-refractivity contribution in [2.45, 2.75) is 31.8 Å². The number of rotatable bonds is 7. The zero-order valence-electron chi connectivity index (χ0n) is 12.6. The third-order valence-electron chi connectivity index (χ3n) is 3.99. The first-order valence-corrected chi connectivity index (χ1v) is 8.37. The largest absolute Gasteiger partial charge is 0.383 e. The summed E-state index contributed by atoms with van der Waals surface area (Å²) < 4.78 is 19.9. The van der Waals surface area contributed by atoms with Crippen molar-refractivity contribution in [1.29, 1.82) is 0 Å². The van der Waals surface area contributed by atoms with Crippen molar-refractivity contribution in [2.75, 3.05) is 33.4 Å². The van der Waals surface area contributed by atoms with Gasteiger partial charge in [-0.2, -0.15) is 0 Å². The van der Waals surface area contributed by atoms with Gasteiger partial charge in [-0.3, -0.25) is 4.90 Å². The van der Waals surface area contributed by atoms with Crippen molar-refractivity contribution in [3.05, 3.63) is 34.1 Å². The molecule has 1 unspecified atom stereocenters. The highest BCUT2D eigenvalue weighted by atomic mass is 79.9. The summed E-state index contributed by atoms with van der Waals surface area (Å²) >= 11 is 3.42. The lowest BCUT2D eigenvalue weighted by atomic mass is 10.0. The average Bonchev–Trinajstić information content (AvgIpc) is 2.49. The number of ether oxygens (including phenoxy) is 1. The summed E-state index contributed by atoms with van der Waals surface area (Å²) in [6, 6.07) is 5.65. The van der Waals surface area contributed by atoms with Crippen LogP contribution in [0.5, 0.6) is 0 Å². The third-order valence-corrected chi connectivity index (χ3v) is 4.49. The molecule has 0 radical (unpaired) electrons. The summed E-state index contributed by atoms with van der Waals surface area (Å²) in [6.45, 7) is 4.27. The predicted molar refractivity (Wildman–Crippen MR) is 86.9 cm³/mol. The van der Waals surface area contributed by atoms with E-state index in [-0.39, 0.29) is 5.82 Å². The van der Waals surface area contributed by atoms with Crippen LogP contribution in [0.1, 0.15) is 24.8 Å². The number of nitrogens with one attached hydrogen (secondary N) is 1. The fourth-order valence-corrected chi connectivity index (χ4v) is 3.23. The summed E-state index contributed by atoms with van der Waals surface area (Å²) in [5, 5.41) is 3.43. The second-order valence-electron chi connectivity index (χ2n) is 5.55. The predicted octanol–water partition coefficient (Wildman–Crippen LogP) is 3.18. The molecule has 0 spiro atoms. The quantitative estimate of drug-likeness (QED) is 0.757. The number of hydrogen-bond donors (Lipinski definition) is 1. The van der Waals surface area contributed by atoms with Crippen LogP contribution in [0.25, 0.3) is 0 Å². The molecule has 1 aliphatic rings. The van der Waals surface area contributed by atoms with Crippen LogP contribution in [0.15, 0.2) is 22.7 Å². The molecule has 1 fully saturated rings. The van der Waals surface area contributed by atoms with Gasteiger partial charge in [0.05, 0.1) is 6.61 Å². The van der Waals surface area contributed by atoms with E-state index in [0.29, 0.717) is 12.6 Å². The van der Waals surface area contributed by atoms with E-state index in [0.717, 1.165) is 36.3 Å². The van der Waals surface area contributed by atoms with Gasteiger partial charge in [0.1, 0.15) is 5.82 Å². The van der Waals surface area contributed by atoms with Gasteiger partial charge in [0.15, 0.2) is 0 Å². The fourth-order valence-electron chi connectivity index (χ4n) is 2.83. The molecule has 0 aliphatic carbocycles. The molecule has 1 atom stereocenters. The molecule has 5 heteroatoms. The van der Waals surface area contributed by atoms with E-state index in [9.17, 15) is 4.39 Å². The number of methoxy groups -OCH3 is 1. The van der Waals surface area contributed by atoms with Crippen LogP contribution in [-0.4, -0.2) is 44.3 Å². The van der Waals surface area contributed by atoms with Crippen molar-refractivity contribution in [3.63, 3.8) is 0 Å². The van der Waals surface area contributed by atoms with Crippen molar-refractivity contribution in [1.82, 2.24) is 10.2 Å². The molecule has 1 aromatic carbocycles. The second kappa shape index (κ2) is 8.83. The topological polar surface area (TPSA) is 24.5 Å². The summed E-state index contributed by atoms with van der Waals surface area (Å²) in [4.78, 5) is 2.40. The van der Waals surface area contributed by atoms with Gasteiger partial charge in [0.2, 0.25) is 0 Å². The smallest absolute Gasteiger partial charge is 0.127 e. The van der Waals surface area contributed by atoms with Gasteiger partial charge in [-0.15, -0.1) is 0 Å². The van der Waals surface area contributed by atoms with E-state index >= 15 is 0 Å². The normalized spacial score (nSPS) is 19.9. The molecule has 0 aromatic heterocycles. The lowest BCUT2D eigenvalue weighted by Gasteiger charge is -2.36. The monoisotopic (exact) mass is 358 g/mol. The number of piperidine rings is 1. The second-order valence-corrected chi connectivity index (χ2v) is 6.47. The minimum Gasteiger partial charge on any atom is -0.383 e. The number of benzene rings is 1. The van der Waals surface area contributed by atoms with Gasteiger partial charge in [0.25, 0.3) is 0 Å². The average molecular weight is 359 g/mol. The number of likely N-dealkylation sites (tertiary alicyclic amines) is 1. The number of halogens is 2. The Morgan fingerprint density at radius 1 is 1.43 bits per heavy atom. The van der Waals surface area contributed by atoms with E-state index in [4.69, 9.17) is 4.74 Å². The van der Waals surface area contributed by atoms with Crippen LogP contribution >= 0.6 is 15.9 Å². The fraction of sp³-hybridized carbons (Fsp3) is 0.625. The number of hydrogen-bond acceptors (Lipinski definition) is 3. The van der Waals surface area contributed by atoms with Gasteiger partial charge in [-0.05, 0) is 37.6 Å². The van der Waals surface area contributed by atoms with E-state index in [1.165, 1.54) is 25.3 Å². The van der Waals surface area contributed by atoms with Crippen molar-refractivity contribution in [2.24, 2.45) is 0 Å². The van der Waals surface area contributed by atoms with E-state index in [1.54, 1.807) is 13.2 Å². The van der Waals surface area contributed by atoms with E-state index in [1.807, 2.05) is 6.07 Å². The van der Waals surface area contributed by atoms with Gasteiger partial charge in [-0.1, -0.05) is 22.4 Å². The van der Waals surface area contributed by atoms with Gasteiger partial charge < -0.3 is 10.1 Å². The first kappa shape index (κ1) is 16.9. The van der Waals surface area contributed by atoms with Gasteiger partial charge >= 0.3 is 0 Å². The first-order chi connectivity index (χ1) is 10.2. The van der Waals surface area contributed by atoms with Crippen LogP contribution in [0.4, 0.5) is 4.39 Å². The van der Waals surface area contributed by atoms with Crippen LogP contribution < -0.4 is 5.32 Å². The Labute approximate surface area is 135 Å². The SMILES string of the molecule is COCCNCC1CCCCN1Cc1cc(Br)ccc1F. The Kier molecular flexibility index (Phi) is 7.10. The molecule has 1 aliphatic heterocycles. The molecule has 0 amide bonds. The van der Waals surface area contributed by atoms with Crippen LogP contribution in [0.3, 0.4) is 0 Å². The van der Waals surface area contributed by atoms with Crippen LogP contribution in [-0.2, 0) is 11.3 Å². The Balaban J connectivity index is 1.93. The summed E-state index contributed by atoms with van der Waals surface area (Å²) in [6.07, 6.45) is 3.63. The summed E-state index contributed by atoms with van der Waals surface area (Å²) in [5.74, 6) is -0.116. The van der Waals surface area contributed by atoms with Gasteiger partial charge in [0, 0.05) is 42.8 Å². The molecule has 2 rings (SSSR count). The molecule has 21 heavy (non-hydrogen) atoms. The Bertz CT molecular complexity index is 444. The maximum Gasteiger partial charge on any atom is 0.127 e. The Hall–Kier alpha value is -0.490. The van der Waals surface area contributed by atoms with Crippen LogP contribution in [0, 0.1) is 5.82 Å². The van der Waals surface area contributed by atoms with Crippen molar-refractivity contribution in [3.8, 4) is 0 Å². The van der Waals surface area contributed by atoms with Crippen molar-refractivity contribution >= 4 is 15.9 Å². The molecular formula is C16H24BrFN2O. The van der Waals surface area contributed by atoms with E-state index in [2.05, 4.69) is 26.1 Å². The van der Waals surface area contributed by atoms with Gasteiger partial charge in [-0.25, -0.2) is 4.39 Å². The first-order valence-electron chi connectivity index (χ1n) is 7.58. The minimum absolute atomic E-state index is 0.116. The highest BCUT2D eigenvalue weighted by Gasteiger charge is 2.22. The molecule has 0 saturated carbocycles. The zero-order valence-corrected chi connectivity index (χ0v) is 14.2. The zero-order chi connectivity index (χ0) is 15.1. The Morgan fingerprint density at radius 3 is 3.10 bits per heavy atom. The molecule has 1 N–H and O–H groups in total. The minimum atomic E-state index is -0.116. The molecule has 1 heterocycles. The lowest BCUT2D eigenvalue weighted by molar-refractivity contribution is 0.131. The standard InChI is InChI=1S/C16H24BrFN2O/c1-21-9-7-19-11-15-4-2-3-8-20(15)12-13-10-14(17)5-6-16(13)18/h5-6,10,15,19H,2-4,7-9,11-12H2,1H3. The molecule has 1 saturated heterocycles. The van der Waals surface area contributed by atoms with Crippen molar-refractivity contribution < 1.29 is 9.13 Å². The molecule has 118 valence electrons. The molecule has 3 nitrogen and oxygen atoms in total. The lowest BCUT2D eigenvalue weighted by Crippen LogP contribution is -2.45.